The standard InChI is InChI=1S/C22H22N2O6/c1-29-11-14-9-17(25)20(27)21(30-14)15(10-18(23)26)16-8-13-5-2-4-12-6-3-7-24(19(12)13)22(16)28/h2,4-5,8-9,15,27H,3,6-7,10-11H2,1H3,(H2,23,26). The van der Waals surface area contributed by atoms with Crippen molar-refractivity contribution in [2.45, 2.75) is 38.3 Å². The number of amides is 1. The van der Waals surface area contributed by atoms with Gasteiger partial charge in [0.05, 0.1) is 11.4 Å². The van der Waals surface area contributed by atoms with E-state index in [-0.39, 0.29) is 35.7 Å². The van der Waals surface area contributed by atoms with E-state index in [0.717, 1.165) is 35.4 Å². The fraction of sp³-hybridized carbons (Fsp3) is 0.318. The van der Waals surface area contributed by atoms with Crippen molar-refractivity contribution in [3.8, 4) is 5.75 Å². The number of hydrogen-bond acceptors (Lipinski definition) is 6. The number of benzene rings is 1. The van der Waals surface area contributed by atoms with Gasteiger partial charge in [0.15, 0.2) is 5.76 Å². The smallest absolute Gasteiger partial charge is 0.255 e. The summed E-state index contributed by atoms with van der Waals surface area (Å²) in [6.07, 6.45) is 1.41. The summed E-state index contributed by atoms with van der Waals surface area (Å²) in [5.74, 6) is -2.32. The van der Waals surface area contributed by atoms with Crippen molar-refractivity contribution in [3.63, 3.8) is 0 Å². The zero-order valence-corrected chi connectivity index (χ0v) is 16.5. The Morgan fingerprint density at radius 3 is 2.87 bits per heavy atom. The van der Waals surface area contributed by atoms with Gasteiger partial charge in [0.1, 0.15) is 12.4 Å². The summed E-state index contributed by atoms with van der Waals surface area (Å²) in [6.45, 7) is 0.542. The number of carbonyl (C=O) groups excluding carboxylic acids is 1. The highest BCUT2D eigenvalue weighted by atomic mass is 16.5. The van der Waals surface area contributed by atoms with E-state index in [9.17, 15) is 19.5 Å². The quantitative estimate of drug-likeness (QED) is 0.638. The molecule has 0 aliphatic carbocycles. The number of aromatic nitrogens is 1. The lowest BCUT2D eigenvalue weighted by Crippen LogP contribution is -2.30. The number of hydrogen-bond donors (Lipinski definition) is 2. The monoisotopic (exact) mass is 410 g/mol. The zero-order valence-electron chi connectivity index (χ0n) is 16.5. The van der Waals surface area contributed by atoms with Gasteiger partial charge in [-0.1, -0.05) is 18.2 Å². The maximum atomic E-state index is 13.4. The van der Waals surface area contributed by atoms with Crippen molar-refractivity contribution in [1.82, 2.24) is 4.57 Å². The molecule has 1 aliphatic heterocycles. The van der Waals surface area contributed by atoms with Gasteiger partial charge in [0, 0.05) is 31.7 Å². The van der Waals surface area contributed by atoms with E-state index in [1.807, 2.05) is 18.2 Å². The molecule has 1 aliphatic rings. The summed E-state index contributed by atoms with van der Waals surface area (Å²) in [7, 11) is 1.44. The predicted molar refractivity (Wildman–Crippen MR) is 110 cm³/mol. The molecule has 3 aromatic rings. The Bertz CT molecular complexity index is 1260. The minimum atomic E-state index is -1.00. The summed E-state index contributed by atoms with van der Waals surface area (Å²) in [6, 6.07) is 8.62. The lowest BCUT2D eigenvalue weighted by molar-refractivity contribution is -0.118. The van der Waals surface area contributed by atoms with E-state index in [1.165, 1.54) is 7.11 Å². The first-order chi connectivity index (χ1) is 14.4. The number of para-hydroxylation sites is 1. The Morgan fingerprint density at radius 1 is 1.33 bits per heavy atom. The molecule has 1 amide bonds. The number of aryl methyl sites for hydroxylation is 2. The maximum Gasteiger partial charge on any atom is 0.255 e. The second kappa shape index (κ2) is 7.79. The van der Waals surface area contributed by atoms with Gasteiger partial charge in [0.25, 0.3) is 5.56 Å². The van der Waals surface area contributed by atoms with Crippen LogP contribution in [0.25, 0.3) is 10.9 Å². The van der Waals surface area contributed by atoms with Crippen LogP contribution in [0, 0.1) is 0 Å². The zero-order chi connectivity index (χ0) is 21.4. The second-order valence-electron chi connectivity index (χ2n) is 7.46. The maximum absolute atomic E-state index is 13.4. The van der Waals surface area contributed by atoms with Crippen molar-refractivity contribution in [1.29, 1.82) is 0 Å². The first-order valence-corrected chi connectivity index (χ1v) is 9.69. The fourth-order valence-corrected chi connectivity index (χ4v) is 4.19. The van der Waals surface area contributed by atoms with Gasteiger partial charge >= 0.3 is 0 Å². The molecule has 8 heteroatoms. The number of nitrogens with zero attached hydrogens (tertiary/aromatic N) is 1. The van der Waals surface area contributed by atoms with Gasteiger partial charge < -0.3 is 24.6 Å². The first-order valence-electron chi connectivity index (χ1n) is 9.69. The van der Waals surface area contributed by atoms with Crippen molar-refractivity contribution in [2.24, 2.45) is 5.73 Å². The van der Waals surface area contributed by atoms with Crippen LogP contribution in [-0.4, -0.2) is 22.7 Å². The minimum Gasteiger partial charge on any atom is -0.502 e. The Labute approximate surface area is 171 Å². The number of methoxy groups -OCH3 is 1. The van der Waals surface area contributed by atoms with Gasteiger partial charge in [-0.05, 0) is 29.9 Å². The van der Waals surface area contributed by atoms with Crippen LogP contribution in [0.1, 0.15) is 41.4 Å². The van der Waals surface area contributed by atoms with E-state index >= 15 is 0 Å². The number of carbonyl (C=O) groups is 1. The van der Waals surface area contributed by atoms with Crippen molar-refractivity contribution < 1.29 is 19.1 Å². The molecule has 3 heterocycles. The topological polar surface area (TPSA) is 125 Å². The number of aromatic hydroxyl groups is 1. The molecule has 156 valence electrons. The second-order valence-corrected chi connectivity index (χ2v) is 7.46. The molecule has 2 aromatic heterocycles. The third-order valence-electron chi connectivity index (χ3n) is 5.44. The molecule has 30 heavy (non-hydrogen) atoms. The van der Waals surface area contributed by atoms with E-state index in [2.05, 4.69) is 0 Å². The van der Waals surface area contributed by atoms with Crippen molar-refractivity contribution in [2.75, 3.05) is 7.11 Å². The Morgan fingerprint density at radius 2 is 2.13 bits per heavy atom. The molecular weight excluding hydrogens is 388 g/mol. The largest absolute Gasteiger partial charge is 0.502 e. The lowest BCUT2D eigenvalue weighted by atomic mass is 9.90. The minimum absolute atomic E-state index is 0.00285. The molecule has 8 nitrogen and oxygen atoms in total. The molecule has 0 saturated carbocycles. The molecule has 4 rings (SSSR count). The van der Waals surface area contributed by atoms with E-state index in [0.29, 0.717) is 6.54 Å². The van der Waals surface area contributed by atoms with Crippen LogP contribution in [0.3, 0.4) is 0 Å². The number of primary amides is 1. The summed E-state index contributed by atoms with van der Waals surface area (Å²) in [5.41, 5.74) is 6.68. The molecule has 1 aromatic carbocycles. The molecule has 0 radical (unpaired) electrons. The van der Waals surface area contributed by atoms with Gasteiger partial charge in [-0.2, -0.15) is 0 Å². The molecule has 1 unspecified atom stereocenters. The molecule has 0 spiro atoms. The summed E-state index contributed by atoms with van der Waals surface area (Å²) < 4.78 is 12.4. The lowest BCUT2D eigenvalue weighted by Gasteiger charge is -2.23. The van der Waals surface area contributed by atoms with Gasteiger partial charge in [0.2, 0.25) is 17.1 Å². The number of nitrogens with two attached hydrogens (primary N) is 1. The van der Waals surface area contributed by atoms with Crippen LogP contribution in [-0.2, 0) is 29.1 Å². The molecule has 0 fully saturated rings. The summed E-state index contributed by atoms with van der Waals surface area (Å²) in [4.78, 5) is 37.5. The average Bonchev–Trinajstić information content (AvgIpc) is 2.72. The molecule has 0 saturated heterocycles. The molecule has 0 bridgehead atoms. The molecule has 3 N–H and O–H groups in total. The Kier molecular flexibility index (Phi) is 5.17. The summed E-state index contributed by atoms with van der Waals surface area (Å²) in [5, 5.41) is 11.3. The third-order valence-corrected chi connectivity index (χ3v) is 5.44. The number of pyridine rings is 1. The van der Waals surface area contributed by atoms with Crippen LogP contribution in [0.15, 0.2) is 44.3 Å². The number of rotatable bonds is 6. The van der Waals surface area contributed by atoms with E-state index < -0.39 is 23.0 Å². The van der Waals surface area contributed by atoms with Gasteiger partial charge in [-0.25, -0.2) is 0 Å². The normalized spacial score (nSPS) is 14.0. The van der Waals surface area contributed by atoms with E-state index in [4.69, 9.17) is 14.9 Å². The van der Waals surface area contributed by atoms with Gasteiger partial charge in [-0.15, -0.1) is 0 Å². The average molecular weight is 410 g/mol. The predicted octanol–water partition coefficient (Wildman–Crippen LogP) is 1.76. The first kappa shape index (κ1) is 19.9. The molecule has 1 atom stereocenters. The highest BCUT2D eigenvalue weighted by Gasteiger charge is 2.29. The number of ether oxygens (including phenoxy) is 1. The van der Waals surface area contributed by atoms with Crippen LogP contribution in [0.2, 0.25) is 0 Å². The Balaban J connectivity index is 1.99. The third kappa shape index (κ3) is 3.39. The fourth-order valence-electron chi connectivity index (χ4n) is 4.19. The highest BCUT2D eigenvalue weighted by Crippen LogP contribution is 2.34. The van der Waals surface area contributed by atoms with E-state index in [1.54, 1.807) is 10.6 Å². The summed E-state index contributed by atoms with van der Waals surface area (Å²) >= 11 is 0. The van der Waals surface area contributed by atoms with Crippen LogP contribution in [0.5, 0.6) is 5.75 Å². The SMILES string of the molecule is COCc1cc(=O)c(O)c(C(CC(N)=O)c2cc3cccc4c3n(c2=O)CCC4)o1. The molecular formula is C22H22N2O6. The van der Waals surface area contributed by atoms with Gasteiger partial charge in [-0.3, -0.25) is 14.4 Å². The highest BCUT2D eigenvalue weighted by molar-refractivity contribution is 5.84. The van der Waals surface area contributed by atoms with Crippen LogP contribution in [0.4, 0.5) is 0 Å². The van der Waals surface area contributed by atoms with Crippen LogP contribution < -0.4 is 16.7 Å². The van der Waals surface area contributed by atoms with Crippen molar-refractivity contribution in [3.05, 3.63) is 73.6 Å². The van der Waals surface area contributed by atoms with Crippen LogP contribution >= 0.6 is 0 Å². The van der Waals surface area contributed by atoms with Crippen molar-refractivity contribution >= 4 is 16.8 Å². The Hall–Kier alpha value is -3.39.